The van der Waals surface area contributed by atoms with Gasteiger partial charge in [0, 0.05) is 24.7 Å². The molecule has 2 nitrogen and oxygen atoms in total. The molecule has 2 heteroatoms. The first-order chi connectivity index (χ1) is 8.90. The van der Waals surface area contributed by atoms with Crippen molar-refractivity contribution in [3.05, 3.63) is 0 Å². The van der Waals surface area contributed by atoms with Gasteiger partial charge in [-0.3, -0.25) is 4.90 Å². The molecule has 2 rings (SSSR count). The lowest BCUT2D eigenvalue weighted by atomic mass is 9.80. The molecule has 1 saturated heterocycles. The van der Waals surface area contributed by atoms with Crippen LogP contribution in [0.5, 0.6) is 0 Å². The molecule has 0 spiro atoms. The van der Waals surface area contributed by atoms with Gasteiger partial charge in [0.05, 0.1) is 0 Å². The van der Waals surface area contributed by atoms with E-state index in [0.717, 1.165) is 12.5 Å². The first kappa shape index (κ1) is 15.3. The van der Waals surface area contributed by atoms with E-state index in [-0.39, 0.29) is 0 Å². The maximum absolute atomic E-state index is 3.88. The minimum atomic E-state index is 0.366. The molecule has 2 aliphatic rings. The van der Waals surface area contributed by atoms with Crippen LogP contribution < -0.4 is 5.32 Å². The monoisotopic (exact) mass is 266 g/mol. The molecule has 1 N–H and O–H groups in total. The maximum atomic E-state index is 3.88. The Morgan fingerprint density at radius 1 is 1.16 bits per heavy atom. The second-order valence-electron chi connectivity index (χ2n) is 7.95. The van der Waals surface area contributed by atoms with Crippen LogP contribution in [0.4, 0.5) is 0 Å². The summed E-state index contributed by atoms with van der Waals surface area (Å²) in [6.07, 6.45) is 6.90. The van der Waals surface area contributed by atoms with Gasteiger partial charge in [-0.25, -0.2) is 0 Å². The molecular formula is C17H34N2. The van der Waals surface area contributed by atoms with Crippen molar-refractivity contribution in [1.29, 1.82) is 0 Å². The molecular weight excluding hydrogens is 232 g/mol. The highest BCUT2D eigenvalue weighted by Crippen LogP contribution is 2.35. The fraction of sp³-hybridized carbons (Fsp3) is 1.00. The Morgan fingerprint density at radius 2 is 1.79 bits per heavy atom. The predicted molar refractivity (Wildman–Crippen MR) is 83.5 cm³/mol. The summed E-state index contributed by atoms with van der Waals surface area (Å²) < 4.78 is 0. The normalized spacial score (nSPS) is 28.6. The van der Waals surface area contributed by atoms with Gasteiger partial charge >= 0.3 is 0 Å². The van der Waals surface area contributed by atoms with Crippen molar-refractivity contribution in [1.82, 2.24) is 10.2 Å². The Bertz CT molecular complexity index is 284. The molecule has 1 aliphatic carbocycles. The zero-order valence-electron chi connectivity index (χ0n) is 13.8. The van der Waals surface area contributed by atoms with Crippen molar-refractivity contribution in [2.24, 2.45) is 11.3 Å². The molecule has 0 amide bonds. The molecule has 1 atom stereocenters. The van der Waals surface area contributed by atoms with Crippen LogP contribution in [0.1, 0.15) is 66.7 Å². The Morgan fingerprint density at radius 3 is 2.26 bits per heavy atom. The van der Waals surface area contributed by atoms with Gasteiger partial charge in [0.25, 0.3) is 0 Å². The zero-order valence-corrected chi connectivity index (χ0v) is 13.8. The number of hydrogen-bond acceptors (Lipinski definition) is 2. The minimum absolute atomic E-state index is 0.366. The van der Waals surface area contributed by atoms with Crippen LogP contribution in [0.3, 0.4) is 0 Å². The van der Waals surface area contributed by atoms with Gasteiger partial charge in [-0.2, -0.15) is 0 Å². The van der Waals surface area contributed by atoms with E-state index in [9.17, 15) is 0 Å². The smallest absolute Gasteiger partial charge is 0.0304 e. The first-order valence-electron chi connectivity index (χ1n) is 8.39. The summed E-state index contributed by atoms with van der Waals surface area (Å²) in [5.74, 6) is 1.05. The molecule has 1 aliphatic heterocycles. The molecule has 0 aromatic rings. The van der Waals surface area contributed by atoms with E-state index >= 15 is 0 Å². The lowest BCUT2D eigenvalue weighted by Gasteiger charge is -2.51. The Hall–Kier alpha value is -0.0800. The summed E-state index contributed by atoms with van der Waals surface area (Å²) in [5.41, 5.74) is 0.746. The molecule has 0 aromatic carbocycles. The maximum Gasteiger partial charge on any atom is 0.0304 e. The number of rotatable bonds is 5. The number of nitrogens with one attached hydrogen (secondary N) is 1. The molecule has 2 fully saturated rings. The number of hydrogen-bond donors (Lipinski definition) is 1. The van der Waals surface area contributed by atoms with E-state index in [2.05, 4.69) is 44.8 Å². The highest BCUT2D eigenvalue weighted by Gasteiger charge is 2.41. The molecule has 19 heavy (non-hydrogen) atoms. The number of piperazine rings is 1. The van der Waals surface area contributed by atoms with Crippen molar-refractivity contribution in [3.8, 4) is 0 Å². The molecule has 0 aromatic heterocycles. The predicted octanol–water partition coefficient (Wildman–Crippen LogP) is 3.67. The summed E-state index contributed by atoms with van der Waals surface area (Å²) in [6, 6.07) is 0.692. The average molecular weight is 266 g/mol. The van der Waals surface area contributed by atoms with Crippen LogP contribution in [0, 0.1) is 11.3 Å². The van der Waals surface area contributed by atoms with Crippen LogP contribution >= 0.6 is 0 Å². The average Bonchev–Trinajstić information content (AvgIpc) is 3.18. The summed E-state index contributed by atoms with van der Waals surface area (Å²) in [5, 5.41) is 3.88. The van der Waals surface area contributed by atoms with Crippen molar-refractivity contribution < 1.29 is 0 Å². The molecule has 1 unspecified atom stereocenters. The Labute approximate surface area is 120 Å². The van der Waals surface area contributed by atoms with Gasteiger partial charge < -0.3 is 5.32 Å². The third kappa shape index (κ3) is 3.72. The second kappa shape index (κ2) is 5.73. The van der Waals surface area contributed by atoms with Gasteiger partial charge in [-0.1, -0.05) is 47.5 Å². The minimum Gasteiger partial charge on any atom is -0.308 e. The van der Waals surface area contributed by atoms with Crippen molar-refractivity contribution >= 4 is 0 Å². The van der Waals surface area contributed by atoms with Crippen molar-refractivity contribution in [2.45, 2.75) is 78.3 Å². The summed E-state index contributed by atoms with van der Waals surface area (Å²) in [6.45, 7) is 15.6. The summed E-state index contributed by atoms with van der Waals surface area (Å²) in [7, 11) is 0. The van der Waals surface area contributed by atoms with Crippen molar-refractivity contribution in [2.75, 3.05) is 19.6 Å². The first-order valence-corrected chi connectivity index (χ1v) is 8.39. The summed E-state index contributed by atoms with van der Waals surface area (Å²) in [4.78, 5) is 2.81. The lowest BCUT2D eigenvalue weighted by molar-refractivity contribution is 0.0172. The Kier molecular flexibility index (Phi) is 4.62. The van der Waals surface area contributed by atoms with E-state index in [0.29, 0.717) is 17.0 Å². The topological polar surface area (TPSA) is 15.3 Å². The van der Waals surface area contributed by atoms with Crippen LogP contribution in [0.2, 0.25) is 0 Å². The molecule has 112 valence electrons. The van der Waals surface area contributed by atoms with E-state index in [1.54, 1.807) is 0 Å². The second-order valence-corrected chi connectivity index (χ2v) is 7.95. The van der Waals surface area contributed by atoms with E-state index in [4.69, 9.17) is 0 Å². The largest absolute Gasteiger partial charge is 0.308 e. The van der Waals surface area contributed by atoms with Gasteiger partial charge in [0.15, 0.2) is 0 Å². The van der Waals surface area contributed by atoms with Crippen LogP contribution in [-0.2, 0) is 0 Å². The molecule has 1 saturated carbocycles. The van der Waals surface area contributed by atoms with Crippen molar-refractivity contribution in [3.63, 3.8) is 0 Å². The highest BCUT2D eigenvalue weighted by atomic mass is 15.3. The molecule has 0 radical (unpaired) electrons. The quantitative estimate of drug-likeness (QED) is 0.817. The zero-order chi connectivity index (χ0) is 14.1. The van der Waals surface area contributed by atoms with Gasteiger partial charge in [0.1, 0.15) is 0 Å². The molecule has 0 bridgehead atoms. The van der Waals surface area contributed by atoms with Crippen LogP contribution in [0.25, 0.3) is 0 Å². The van der Waals surface area contributed by atoms with Gasteiger partial charge in [-0.05, 0) is 37.1 Å². The standard InChI is InChI=1S/C17H34N2/c1-6-17(7-2)13-19(11-10-14-8-9-14)15(12-18-17)16(3,4)5/h14-15,18H,6-13H2,1-5H3. The van der Waals surface area contributed by atoms with E-state index in [1.807, 2.05) is 0 Å². The Balaban J connectivity index is 2.03. The van der Waals surface area contributed by atoms with Gasteiger partial charge in [0.2, 0.25) is 0 Å². The van der Waals surface area contributed by atoms with E-state index in [1.165, 1.54) is 45.2 Å². The SMILES string of the molecule is CCC1(CC)CN(CCC2CC2)C(C(C)(C)C)CN1. The fourth-order valence-electron chi connectivity index (χ4n) is 3.56. The molecule has 1 heterocycles. The van der Waals surface area contributed by atoms with Gasteiger partial charge in [-0.15, -0.1) is 0 Å². The van der Waals surface area contributed by atoms with Crippen LogP contribution in [-0.4, -0.2) is 36.1 Å². The fourth-order valence-corrected chi connectivity index (χ4v) is 3.56. The summed E-state index contributed by atoms with van der Waals surface area (Å²) >= 11 is 0. The highest BCUT2D eigenvalue weighted by molar-refractivity contribution is 5.00. The third-order valence-corrected chi connectivity index (χ3v) is 5.49. The third-order valence-electron chi connectivity index (χ3n) is 5.49. The number of nitrogens with zero attached hydrogens (tertiary/aromatic N) is 1. The van der Waals surface area contributed by atoms with E-state index < -0.39 is 0 Å². The van der Waals surface area contributed by atoms with Crippen LogP contribution in [0.15, 0.2) is 0 Å². The lowest BCUT2D eigenvalue weighted by Crippen LogP contribution is -2.66.